The summed E-state index contributed by atoms with van der Waals surface area (Å²) in [5.74, 6) is 0.712. The number of benzene rings is 1. The van der Waals surface area contributed by atoms with E-state index in [0.29, 0.717) is 25.3 Å². The van der Waals surface area contributed by atoms with E-state index in [2.05, 4.69) is 27.3 Å². The van der Waals surface area contributed by atoms with Gasteiger partial charge in [-0.2, -0.15) is 0 Å². The lowest BCUT2D eigenvalue weighted by Gasteiger charge is -2.35. The number of methoxy groups -OCH3 is 1. The molecule has 1 saturated heterocycles. The molecular formula is C19H23N3O3. The van der Waals surface area contributed by atoms with Crippen molar-refractivity contribution in [3.63, 3.8) is 0 Å². The second kappa shape index (κ2) is 8.60. The van der Waals surface area contributed by atoms with Gasteiger partial charge in [-0.25, -0.2) is 0 Å². The molecule has 1 aromatic heterocycles. The summed E-state index contributed by atoms with van der Waals surface area (Å²) < 4.78 is 10.7. The highest BCUT2D eigenvalue weighted by atomic mass is 16.5. The Balaban J connectivity index is 1.72. The Hall–Kier alpha value is -2.44. The molecular weight excluding hydrogens is 318 g/mol. The van der Waals surface area contributed by atoms with Gasteiger partial charge in [-0.3, -0.25) is 14.7 Å². The van der Waals surface area contributed by atoms with E-state index < -0.39 is 0 Å². The third kappa shape index (κ3) is 4.55. The standard InChI is InChI=1S/C19H23N3O3/c1-24-17-6-4-15(5-7-17)18(22-9-11-25-12-10-22)14-21-19(23)16-3-2-8-20-13-16/h2-8,13,18H,9-12,14H2,1H3,(H,21,23). The van der Waals surface area contributed by atoms with Crippen LogP contribution in [0.4, 0.5) is 0 Å². The van der Waals surface area contributed by atoms with Crippen molar-refractivity contribution in [3.05, 3.63) is 59.9 Å². The van der Waals surface area contributed by atoms with E-state index in [1.54, 1.807) is 31.6 Å². The normalized spacial score (nSPS) is 16.2. The maximum Gasteiger partial charge on any atom is 0.252 e. The minimum atomic E-state index is -0.111. The van der Waals surface area contributed by atoms with E-state index in [0.717, 1.165) is 24.4 Å². The zero-order chi connectivity index (χ0) is 17.5. The van der Waals surface area contributed by atoms with Crippen molar-refractivity contribution in [2.24, 2.45) is 0 Å². The van der Waals surface area contributed by atoms with E-state index in [1.807, 2.05) is 12.1 Å². The summed E-state index contributed by atoms with van der Waals surface area (Å²) in [6.07, 6.45) is 3.23. The molecule has 25 heavy (non-hydrogen) atoms. The monoisotopic (exact) mass is 341 g/mol. The van der Waals surface area contributed by atoms with Gasteiger partial charge < -0.3 is 14.8 Å². The Morgan fingerprint density at radius 1 is 1.28 bits per heavy atom. The zero-order valence-electron chi connectivity index (χ0n) is 14.4. The second-order valence-corrected chi connectivity index (χ2v) is 5.89. The number of rotatable bonds is 6. The molecule has 0 bridgehead atoms. The first-order valence-electron chi connectivity index (χ1n) is 8.42. The highest BCUT2D eigenvalue weighted by Crippen LogP contribution is 2.23. The van der Waals surface area contributed by atoms with Gasteiger partial charge in [-0.15, -0.1) is 0 Å². The van der Waals surface area contributed by atoms with Gasteiger partial charge in [0.1, 0.15) is 5.75 Å². The van der Waals surface area contributed by atoms with Crippen LogP contribution in [-0.4, -0.2) is 55.7 Å². The number of nitrogens with one attached hydrogen (secondary N) is 1. The first-order valence-corrected chi connectivity index (χ1v) is 8.42. The lowest BCUT2D eigenvalue weighted by atomic mass is 10.0. The Bertz CT molecular complexity index is 670. The number of carbonyl (C=O) groups is 1. The summed E-state index contributed by atoms with van der Waals surface area (Å²) in [7, 11) is 1.66. The van der Waals surface area contributed by atoms with Crippen LogP contribution >= 0.6 is 0 Å². The molecule has 1 unspecified atom stereocenters. The molecule has 6 nitrogen and oxygen atoms in total. The molecule has 1 aliphatic rings. The molecule has 0 spiro atoms. The van der Waals surface area contributed by atoms with Crippen molar-refractivity contribution in [1.82, 2.24) is 15.2 Å². The molecule has 1 amide bonds. The highest BCUT2D eigenvalue weighted by Gasteiger charge is 2.23. The number of ether oxygens (including phenoxy) is 2. The number of nitrogens with zero attached hydrogens (tertiary/aromatic N) is 2. The van der Waals surface area contributed by atoms with Crippen LogP contribution in [0.1, 0.15) is 22.0 Å². The molecule has 1 fully saturated rings. The summed E-state index contributed by atoms with van der Waals surface area (Å²) >= 11 is 0. The van der Waals surface area contributed by atoms with Crippen molar-refractivity contribution in [2.75, 3.05) is 40.0 Å². The number of morpholine rings is 1. The number of hydrogen-bond acceptors (Lipinski definition) is 5. The number of aromatic nitrogens is 1. The fourth-order valence-electron chi connectivity index (χ4n) is 2.96. The first-order chi connectivity index (χ1) is 12.3. The third-order valence-corrected chi connectivity index (χ3v) is 4.37. The lowest BCUT2D eigenvalue weighted by molar-refractivity contribution is 0.0162. The SMILES string of the molecule is COc1ccc(C(CNC(=O)c2cccnc2)N2CCOCC2)cc1. The van der Waals surface area contributed by atoms with Gasteiger partial charge in [0.05, 0.1) is 31.9 Å². The maximum absolute atomic E-state index is 12.3. The van der Waals surface area contributed by atoms with Crippen molar-refractivity contribution >= 4 is 5.91 Å². The van der Waals surface area contributed by atoms with Crippen molar-refractivity contribution in [1.29, 1.82) is 0 Å². The smallest absolute Gasteiger partial charge is 0.252 e. The quantitative estimate of drug-likeness (QED) is 0.869. The summed E-state index contributed by atoms with van der Waals surface area (Å²) in [5.41, 5.74) is 1.71. The molecule has 0 radical (unpaired) electrons. The Labute approximate surface area is 147 Å². The number of carbonyl (C=O) groups excluding carboxylic acids is 1. The molecule has 2 aromatic rings. The fourth-order valence-corrected chi connectivity index (χ4v) is 2.96. The summed E-state index contributed by atoms with van der Waals surface area (Å²) in [6, 6.07) is 11.6. The molecule has 1 aliphatic heterocycles. The predicted octanol–water partition coefficient (Wildman–Crippen LogP) is 1.89. The Morgan fingerprint density at radius 2 is 2.04 bits per heavy atom. The van der Waals surface area contributed by atoms with Gasteiger partial charge >= 0.3 is 0 Å². The predicted molar refractivity (Wildman–Crippen MR) is 94.7 cm³/mol. The fraction of sp³-hybridized carbons (Fsp3) is 0.368. The Morgan fingerprint density at radius 3 is 2.68 bits per heavy atom. The molecule has 1 aromatic carbocycles. The van der Waals surface area contributed by atoms with E-state index in [4.69, 9.17) is 9.47 Å². The lowest BCUT2D eigenvalue weighted by Crippen LogP contribution is -2.43. The van der Waals surface area contributed by atoms with Crippen LogP contribution in [0.5, 0.6) is 5.75 Å². The van der Waals surface area contributed by atoms with Gasteiger partial charge in [-0.1, -0.05) is 12.1 Å². The van der Waals surface area contributed by atoms with Crippen molar-refractivity contribution in [2.45, 2.75) is 6.04 Å². The minimum absolute atomic E-state index is 0.0930. The molecule has 132 valence electrons. The van der Waals surface area contributed by atoms with Crippen LogP contribution in [0.15, 0.2) is 48.8 Å². The van der Waals surface area contributed by atoms with Crippen LogP contribution in [-0.2, 0) is 4.74 Å². The summed E-state index contributed by atoms with van der Waals surface area (Å²) in [6.45, 7) is 3.64. The van der Waals surface area contributed by atoms with Crippen LogP contribution < -0.4 is 10.1 Å². The van der Waals surface area contributed by atoms with Crippen molar-refractivity contribution < 1.29 is 14.3 Å². The molecule has 1 atom stereocenters. The average molecular weight is 341 g/mol. The van der Waals surface area contributed by atoms with Crippen LogP contribution in [0.3, 0.4) is 0 Å². The zero-order valence-corrected chi connectivity index (χ0v) is 14.4. The largest absolute Gasteiger partial charge is 0.497 e. The van der Waals surface area contributed by atoms with E-state index in [-0.39, 0.29) is 11.9 Å². The Kier molecular flexibility index (Phi) is 5.98. The van der Waals surface area contributed by atoms with Gasteiger partial charge in [-0.05, 0) is 29.8 Å². The summed E-state index contributed by atoms with van der Waals surface area (Å²) in [4.78, 5) is 18.7. The molecule has 3 rings (SSSR count). The number of hydrogen-bond donors (Lipinski definition) is 1. The van der Waals surface area contributed by atoms with E-state index in [1.165, 1.54) is 0 Å². The topological polar surface area (TPSA) is 63.7 Å². The molecule has 0 saturated carbocycles. The van der Waals surface area contributed by atoms with Crippen LogP contribution in [0.25, 0.3) is 0 Å². The van der Waals surface area contributed by atoms with Gasteiger partial charge in [0, 0.05) is 32.0 Å². The molecule has 0 aliphatic carbocycles. The number of amides is 1. The van der Waals surface area contributed by atoms with Gasteiger partial charge in [0.2, 0.25) is 0 Å². The molecule has 1 N–H and O–H groups in total. The first kappa shape index (κ1) is 17.4. The van der Waals surface area contributed by atoms with Gasteiger partial charge in [0.25, 0.3) is 5.91 Å². The van der Waals surface area contributed by atoms with Crippen LogP contribution in [0.2, 0.25) is 0 Å². The minimum Gasteiger partial charge on any atom is -0.497 e. The summed E-state index contributed by atoms with van der Waals surface area (Å²) in [5, 5.41) is 3.03. The van der Waals surface area contributed by atoms with Crippen LogP contribution in [0, 0.1) is 0 Å². The van der Waals surface area contributed by atoms with E-state index >= 15 is 0 Å². The molecule has 2 heterocycles. The third-order valence-electron chi connectivity index (χ3n) is 4.37. The average Bonchev–Trinajstić information content (AvgIpc) is 2.70. The maximum atomic E-state index is 12.3. The van der Waals surface area contributed by atoms with Gasteiger partial charge in [0.15, 0.2) is 0 Å². The van der Waals surface area contributed by atoms with Crippen molar-refractivity contribution in [3.8, 4) is 5.75 Å². The van der Waals surface area contributed by atoms with E-state index in [9.17, 15) is 4.79 Å². The second-order valence-electron chi connectivity index (χ2n) is 5.89. The highest BCUT2D eigenvalue weighted by molar-refractivity contribution is 5.93. The molecule has 6 heteroatoms. The number of pyridine rings is 1.